The van der Waals surface area contributed by atoms with Crippen molar-refractivity contribution in [2.45, 2.75) is 31.6 Å². The number of hydrogen-bond acceptors (Lipinski definition) is 2. The van der Waals surface area contributed by atoms with Crippen molar-refractivity contribution in [1.82, 2.24) is 4.98 Å². The highest BCUT2D eigenvalue weighted by Crippen LogP contribution is 2.47. The third-order valence-electron chi connectivity index (χ3n) is 4.22. The summed E-state index contributed by atoms with van der Waals surface area (Å²) in [5.74, 6) is 0.516. The highest BCUT2D eigenvalue weighted by molar-refractivity contribution is 6.35. The smallest absolute Gasteiger partial charge is 0.236 e. The summed E-state index contributed by atoms with van der Waals surface area (Å²) in [4.78, 5) is 17.2. The number of anilines is 1. The van der Waals surface area contributed by atoms with Gasteiger partial charge in [-0.2, -0.15) is 0 Å². The first-order valence-electron chi connectivity index (χ1n) is 7.22. The molecule has 1 saturated carbocycles. The van der Waals surface area contributed by atoms with Crippen LogP contribution in [0.25, 0.3) is 0 Å². The number of amides is 1. The Morgan fingerprint density at radius 2 is 2.00 bits per heavy atom. The van der Waals surface area contributed by atoms with Crippen LogP contribution in [-0.4, -0.2) is 10.9 Å². The molecule has 0 spiro atoms. The molecule has 1 aliphatic carbocycles. The van der Waals surface area contributed by atoms with E-state index < -0.39 is 5.41 Å². The van der Waals surface area contributed by atoms with E-state index in [9.17, 15) is 4.79 Å². The van der Waals surface area contributed by atoms with Gasteiger partial charge in [0.05, 0.1) is 5.41 Å². The van der Waals surface area contributed by atoms with Crippen molar-refractivity contribution in [3.05, 3.63) is 57.7 Å². The molecule has 1 aromatic heterocycles. The van der Waals surface area contributed by atoms with Gasteiger partial charge in [-0.25, -0.2) is 4.98 Å². The van der Waals surface area contributed by atoms with Crippen molar-refractivity contribution in [1.29, 1.82) is 0 Å². The number of nitrogens with zero attached hydrogens (tertiary/aromatic N) is 1. The SMILES string of the molecule is Cc1cccc(NC(=O)C2(c3ccc(Cl)cc3Cl)CCC2)n1. The molecule has 1 aliphatic rings. The minimum Gasteiger partial charge on any atom is -0.310 e. The summed E-state index contributed by atoms with van der Waals surface area (Å²) in [5, 5.41) is 4.04. The maximum atomic E-state index is 12.8. The first kappa shape index (κ1) is 15.3. The predicted octanol–water partition coefficient (Wildman–Crippen LogP) is 4.76. The highest BCUT2D eigenvalue weighted by Gasteiger charge is 2.46. The zero-order chi connectivity index (χ0) is 15.7. The summed E-state index contributed by atoms with van der Waals surface area (Å²) in [6.07, 6.45) is 2.58. The van der Waals surface area contributed by atoms with Gasteiger partial charge in [0.1, 0.15) is 5.82 Å². The van der Waals surface area contributed by atoms with Gasteiger partial charge in [-0.3, -0.25) is 4.79 Å². The average molecular weight is 335 g/mol. The van der Waals surface area contributed by atoms with E-state index in [0.717, 1.165) is 30.5 Å². The normalized spacial score (nSPS) is 16.0. The van der Waals surface area contributed by atoms with Gasteiger partial charge >= 0.3 is 0 Å². The van der Waals surface area contributed by atoms with Gasteiger partial charge in [0, 0.05) is 15.7 Å². The molecule has 3 nitrogen and oxygen atoms in total. The molecule has 0 radical (unpaired) electrons. The third kappa shape index (κ3) is 2.71. The van der Waals surface area contributed by atoms with E-state index in [0.29, 0.717) is 15.9 Å². The number of aryl methyl sites for hydroxylation is 1. The van der Waals surface area contributed by atoms with Gasteiger partial charge < -0.3 is 5.32 Å². The molecule has 0 aliphatic heterocycles. The molecule has 1 heterocycles. The highest BCUT2D eigenvalue weighted by atomic mass is 35.5. The molecule has 0 saturated heterocycles. The number of carbonyl (C=O) groups is 1. The molecule has 3 rings (SSSR count). The fourth-order valence-electron chi connectivity index (χ4n) is 2.88. The Morgan fingerprint density at radius 3 is 2.59 bits per heavy atom. The van der Waals surface area contributed by atoms with E-state index in [1.165, 1.54) is 0 Å². The Bertz CT molecular complexity index is 726. The van der Waals surface area contributed by atoms with Crippen molar-refractivity contribution in [3.63, 3.8) is 0 Å². The van der Waals surface area contributed by atoms with E-state index in [1.807, 2.05) is 25.1 Å². The molecule has 1 amide bonds. The molecule has 0 unspecified atom stereocenters. The third-order valence-corrected chi connectivity index (χ3v) is 4.77. The quantitative estimate of drug-likeness (QED) is 0.879. The van der Waals surface area contributed by atoms with Crippen molar-refractivity contribution < 1.29 is 4.79 Å². The Kier molecular flexibility index (Phi) is 4.11. The summed E-state index contributed by atoms with van der Waals surface area (Å²) in [7, 11) is 0. The minimum atomic E-state index is -0.576. The second kappa shape index (κ2) is 5.90. The van der Waals surface area contributed by atoms with E-state index in [2.05, 4.69) is 10.3 Å². The van der Waals surface area contributed by atoms with Crippen LogP contribution in [0.4, 0.5) is 5.82 Å². The fourth-order valence-corrected chi connectivity index (χ4v) is 3.46. The number of nitrogens with one attached hydrogen (secondary N) is 1. The van der Waals surface area contributed by atoms with Crippen molar-refractivity contribution in [2.24, 2.45) is 0 Å². The molecule has 0 atom stereocenters. The first-order chi connectivity index (χ1) is 10.5. The zero-order valence-corrected chi connectivity index (χ0v) is 13.7. The largest absolute Gasteiger partial charge is 0.310 e. The van der Waals surface area contributed by atoms with Crippen LogP contribution in [0.2, 0.25) is 10.0 Å². The van der Waals surface area contributed by atoms with Crippen molar-refractivity contribution in [2.75, 3.05) is 5.32 Å². The summed E-state index contributed by atoms with van der Waals surface area (Å²) in [6, 6.07) is 10.9. The van der Waals surface area contributed by atoms with Gasteiger partial charge in [-0.15, -0.1) is 0 Å². The lowest BCUT2D eigenvalue weighted by Crippen LogP contribution is -2.46. The lowest BCUT2D eigenvalue weighted by Gasteiger charge is -2.41. The molecular formula is C17H16Cl2N2O. The van der Waals surface area contributed by atoms with E-state index in [1.54, 1.807) is 18.2 Å². The lowest BCUT2D eigenvalue weighted by molar-refractivity contribution is -0.124. The number of halogens is 2. The van der Waals surface area contributed by atoms with Gasteiger partial charge in [0.15, 0.2) is 0 Å². The number of carbonyl (C=O) groups excluding carboxylic acids is 1. The van der Waals surface area contributed by atoms with Crippen LogP contribution < -0.4 is 5.32 Å². The molecular weight excluding hydrogens is 319 g/mol. The number of rotatable bonds is 3. The second-order valence-corrected chi connectivity index (χ2v) is 6.52. The molecule has 114 valence electrons. The van der Waals surface area contributed by atoms with E-state index >= 15 is 0 Å². The van der Waals surface area contributed by atoms with Crippen LogP contribution in [0.1, 0.15) is 30.5 Å². The number of benzene rings is 1. The Labute approximate surface area is 139 Å². The summed E-state index contributed by atoms with van der Waals surface area (Å²) >= 11 is 12.3. The van der Waals surface area contributed by atoms with Crippen molar-refractivity contribution in [3.8, 4) is 0 Å². The maximum absolute atomic E-state index is 12.8. The van der Waals surface area contributed by atoms with Crippen molar-refractivity contribution >= 4 is 34.9 Å². The molecule has 1 fully saturated rings. The average Bonchev–Trinajstić information content (AvgIpc) is 2.40. The predicted molar refractivity (Wildman–Crippen MR) is 89.6 cm³/mol. The second-order valence-electron chi connectivity index (χ2n) is 5.68. The van der Waals surface area contributed by atoms with Crippen LogP contribution >= 0.6 is 23.2 Å². The Balaban J connectivity index is 1.91. The van der Waals surface area contributed by atoms with Crippen LogP contribution in [0.3, 0.4) is 0 Å². The summed E-state index contributed by atoms with van der Waals surface area (Å²) < 4.78 is 0. The monoisotopic (exact) mass is 334 g/mol. The first-order valence-corrected chi connectivity index (χ1v) is 7.97. The number of aromatic nitrogens is 1. The summed E-state index contributed by atoms with van der Waals surface area (Å²) in [6.45, 7) is 1.89. The lowest BCUT2D eigenvalue weighted by atomic mass is 9.63. The van der Waals surface area contributed by atoms with E-state index in [-0.39, 0.29) is 5.91 Å². The number of pyridine rings is 1. The van der Waals surface area contributed by atoms with Crippen LogP contribution in [0.5, 0.6) is 0 Å². The molecule has 0 bridgehead atoms. The van der Waals surface area contributed by atoms with E-state index in [4.69, 9.17) is 23.2 Å². The van der Waals surface area contributed by atoms with Gasteiger partial charge in [0.25, 0.3) is 0 Å². The maximum Gasteiger partial charge on any atom is 0.236 e. The Morgan fingerprint density at radius 1 is 1.23 bits per heavy atom. The Hall–Kier alpha value is -1.58. The molecule has 2 aromatic rings. The van der Waals surface area contributed by atoms with Gasteiger partial charge in [0.2, 0.25) is 5.91 Å². The van der Waals surface area contributed by atoms with Crippen LogP contribution in [-0.2, 0) is 10.2 Å². The van der Waals surface area contributed by atoms with Crippen LogP contribution in [0, 0.1) is 6.92 Å². The molecule has 5 heteroatoms. The molecule has 1 N–H and O–H groups in total. The van der Waals surface area contributed by atoms with Gasteiger partial charge in [-0.05, 0) is 49.6 Å². The standard InChI is InChI=1S/C17H16Cl2N2O/c1-11-4-2-5-15(20-11)21-16(22)17(8-3-9-17)13-7-6-12(18)10-14(13)19/h2,4-7,10H,3,8-9H2,1H3,(H,20,21,22). The molecule has 1 aromatic carbocycles. The topological polar surface area (TPSA) is 42.0 Å². The fraction of sp³-hybridized carbons (Fsp3) is 0.294. The zero-order valence-electron chi connectivity index (χ0n) is 12.2. The number of hydrogen-bond donors (Lipinski definition) is 1. The van der Waals surface area contributed by atoms with Gasteiger partial charge in [-0.1, -0.05) is 41.8 Å². The summed E-state index contributed by atoms with van der Waals surface area (Å²) in [5.41, 5.74) is 1.13. The van der Waals surface area contributed by atoms with Crippen LogP contribution in [0.15, 0.2) is 36.4 Å². The molecule has 22 heavy (non-hydrogen) atoms. The minimum absolute atomic E-state index is 0.0546.